The molecule has 12 aromatic heterocycles. The van der Waals surface area contributed by atoms with Crippen LogP contribution in [0.2, 0.25) is 0 Å². The smallest absolute Gasteiger partial charge is 0.198 e. The van der Waals surface area contributed by atoms with Crippen molar-refractivity contribution in [3.63, 3.8) is 0 Å². The van der Waals surface area contributed by atoms with E-state index in [1.54, 1.807) is 43.2 Å². The van der Waals surface area contributed by atoms with Crippen LogP contribution in [0.3, 0.4) is 0 Å². The second-order valence-corrected chi connectivity index (χ2v) is 32.4. The Kier molecular flexibility index (Phi) is 19.3. The molecule has 0 bridgehead atoms. The monoisotopic (exact) mass is 1610 g/mol. The minimum absolute atomic E-state index is 0.254. The van der Waals surface area contributed by atoms with E-state index in [2.05, 4.69) is 166 Å². The summed E-state index contributed by atoms with van der Waals surface area (Å²) in [6.45, 7) is 17.2. The van der Waals surface area contributed by atoms with Gasteiger partial charge in [0.25, 0.3) is 0 Å². The quantitative estimate of drug-likeness (QED) is 0.123. The third-order valence-corrected chi connectivity index (χ3v) is 23.0. The summed E-state index contributed by atoms with van der Waals surface area (Å²) in [6.07, 6.45) is 21.2. The van der Waals surface area contributed by atoms with Gasteiger partial charge in [-0.3, -0.25) is 9.97 Å². The molecule has 124 heavy (non-hydrogen) atoms. The molecule has 4 aliphatic rings. The Morgan fingerprint density at radius 3 is 1.06 bits per heavy atom. The SMILES string of the molecule is CC1(C)c2cnc(-c3ccccc3)nc2-c2nc(-c3ncccn3)ncc21.CC1(C)c2cnc(-c3ccncc3)nc2-c2nc3ccccc3nc21.CC1(C)c2nc(-c3ccccc3)c(-c3ccccc3)nc2-c2nc(-c3cccnc3)c(-c3ccccc3)nc21.CC1(C)c2nc(-c3ccncn3)ncc2-c2nc(-c3ccccc3)c(-c3ccccc3)nc21. The highest BCUT2D eigenvalue weighted by Crippen LogP contribution is 2.53. The maximum atomic E-state index is 5.32. The number of hydrogen-bond acceptors (Lipinski definition) is 22. The molecule has 12 heterocycles. The molecule has 19 aromatic rings. The first kappa shape index (κ1) is 76.6. The summed E-state index contributed by atoms with van der Waals surface area (Å²) in [6, 6.07) is 80.4. The number of hydrogen-bond donors (Lipinski definition) is 0. The van der Waals surface area contributed by atoms with E-state index < -0.39 is 10.8 Å². The Balaban J connectivity index is 0.000000106. The van der Waals surface area contributed by atoms with Crippen LogP contribution in [-0.2, 0) is 21.7 Å². The van der Waals surface area contributed by atoms with Gasteiger partial charge in [0.2, 0.25) is 0 Å². The van der Waals surface area contributed by atoms with Gasteiger partial charge in [-0.2, -0.15) is 0 Å². The lowest BCUT2D eigenvalue weighted by molar-refractivity contribution is 0.614. The predicted molar refractivity (Wildman–Crippen MR) is 479 cm³/mol. The standard InChI is InChI=1S/C34H25N5.C27H20N6.C21H16N6.C20H15N5/c1-34(2)32-30(36-26(22-13-6-3-7-14-22)27(38-32)23-15-8-4-9-16-23)31-33(34)39-28(24-17-10-5-11-18-24)29(37-31)25-19-12-20-35-21-25;1-27(2)24-19(15-29-26(33-24)20-13-14-28-16-30-20)23-25(27)32-22(18-11-7-4-8-12-18)21(31-23)17-9-5-3-6-10-17;1-21(2)14-11-24-18(13-7-4-3-5-8-13)26-16(14)17-15(21)12-25-20(27-17)19-22-9-6-10-23-19;1-20(2)13-11-22-19(12-7-9-21-10-8-12)25-16(13)17-18(20)24-15-6-4-3-5-14(15)23-17/h3-21H,1-2H3;3-16H,1-2H3;3-12H,1-2H3;3-11H,1-2H3. The Morgan fingerprint density at radius 1 is 0.185 bits per heavy atom. The van der Waals surface area contributed by atoms with Crippen LogP contribution >= 0.6 is 0 Å². The number of fused-ring (bicyclic) bond motifs is 13. The van der Waals surface area contributed by atoms with E-state index >= 15 is 0 Å². The number of benzene rings is 7. The number of rotatable bonds is 10. The van der Waals surface area contributed by atoms with Crippen molar-refractivity contribution in [2.24, 2.45) is 0 Å². The summed E-state index contributed by atoms with van der Waals surface area (Å²) in [5, 5.41) is 0. The fourth-order valence-electron chi connectivity index (χ4n) is 16.4. The van der Waals surface area contributed by atoms with Crippen LogP contribution < -0.4 is 0 Å². The first-order valence-corrected chi connectivity index (χ1v) is 40.8. The molecule has 22 heteroatoms. The second-order valence-electron chi connectivity index (χ2n) is 32.4. The van der Waals surface area contributed by atoms with Gasteiger partial charge in [0.05, 0.1) is 107 Å². The van der Waals surface area contributed by atoms with Crippen molar-refractivity contribution in [1.29, 1.82) is 0 Å². The lowest BCUT2D eigenvalue weighted by Crippen LogP contribution is -2.19. The Labute approximate surface area is 714 Å². The summed E-state index contributed by atoms with van der Waals surface area (Å²) in [7, 11) is 0. The highest BCUT2D eigenvalue weighted by Gasteiger charge is 2.46. The van der Waals surface area contributed by atoms with Crippen molar-refractivity contribution in [2.75, 3.05) is 0 Å². The topological polar surface area (TPSA) is 284 Å². The zero-order valence-electron chi connectivity index (χ0n) is 68.9. The van der Waals surface area contributed by atoms with E-state index in [-0.39, 0.29) is 10.8 Å². The van der Waals surface area contributed by atoms with Gasteiger partial charge < -0.3 is 0 Å². The van der Waals surface area contributed by atoms with E-state index in [1.807, 2.05) is 207 Å². The van der Waals surface area contributed by atoms with Crippen LogP contribution in [0.4, 0.5) is 0 Å². The first-order valence-electron chi connectivity index (χ1n) is 40.8. The molecule has 0 fully saturated rings. The number of aromatic nitrogens is 22. The summed E-state index contributed by atoms with van der Waals surface area (Å²) in [5.41, 5.74) is 28.4. The van der Waals surface area contributed by atoms with Gasteiger partial charge >= 0.3 is 0 Å². The molecule has 0 spiro atoms. The van der Waals surface area contributed by atoms with Crippen LogP contribution in [0.1, 0.15) is 101 Å². The van der Waals surface area contributed by atoms with Crippen molar-refractivity contribution in [3.05, 3.63) is 362 Å². The minimum atomic E-state index is -0.486. The molecule has 0 amide bonds. The molecular formula is C102H76N22. The summed E-state index contributed by atoms with van der Waals surface area (Å²) >= 11 is 0. The first-order chi connectivity index (χ1) is 60.5. The molecule has 7 aromatic carbocycles. The Bertz CT molecular complexity index is 7020. The molecule has 0 unspecified atom stereocenters. The molecule has 4 aliphatic carbocycles. The number of pyridine rings is 2. The van der Waals surface area contributed by atoms with Gasteiger partial charge in [-0.25, -0.2) is 99.7 Å². The van der Waals surface area contributed by atoms with Crippen molar-refractivity contribution in [2.45, 2.75) is 77.0 Å². The fraction of sp³-hybridized carbons (Fsp3) is 0.118. The Hall–Kier alpha value is -16.1. The van der Waals surface area contributed by atoms with Crippen molar-refractivity contribution >= 4 is 11.0 Å². The van der Waals surface area contributed by atoms with Crippen LogP contribution in [-0.4, -0.2) is 110 Å². The zero-order valence-corrected chi connectivity index (χ0v) is 68.9. The van der Waals surface area contributed by atoms with Crippen LogP contribution in [0.5, 0.6) is 0 Å². The van der Waals surface area contributed by atoms with Gasteiger partial charge in [0.1, 0.15) is 29.1 Å². The molecule has 0 saturated heterocycles. The molecule has 0 N–H and O–H groups in total. The average molecular weight is 1610 g/mol. The predicted octanol–water partition coefficient (Wildman–Crippen LogP) is 20.5. The van der Waals surface area contributed by atoms with Gasteiger partial charge in [0, 0.05) is 146 Å². The third kappa shape index (κ3) is 13.8. The van der Waals surface area contributed by atoms with E-state index in [0.717, 1.165) is 180 Å². The summed E-state index contributed by atoms with van der Waals surface area (Å²) < 4.78 is 0. The van der Waals surface area contributed by atoms with E-state index in [4.69, 9.17) is 59.8 Å². The van der Waals surface area contributed by atoms with Gasteiger partial charge in [-0.05, 0) is 90.1 Å². The maximum absolute atomic E-state index is 5.32. The maximum Gasteiger partial charge on any atom is 0.198 e. The van der Waals surface area contributed by atoms with Gasteiger partial charge in [0.15, 0.2) is 29.1 Å². The third-order valence-electron chi connectivity index (χ3n) is 23.0. The molecule has 0 radical (unpaired) electrons. The van der Waals surface area contributed by atoms with Crippen LogP contribution in [0.15, 0.2) is 317 Å². The van der Waals surface area contributed by atoms with E-state index in [0.29, 0.717) is 34.8 Å². The normalized spacial score (nSPS) is 13.6. The molecular weight excluding hydrogens is 1530 g/mol. The molecule has 22 nitrogen and oxygen atoms in total. The molecule has 0 saturated carbocycles. The second kappa shape index (κ2) is 31.2. The number of nitrogens with zero attached hydrogens (tertiary/aromatic N) is 22. The van der Waals surface area contributed by atoms with E-state index in [9.17, 15) is 0 Å². The largest absolute Gasteiger partial charge is 0.265 e. The Morgan fingerprint density at radius 2 is 0.565 bits per heavy atom. The molecule has 23 rings (SSSR count). The fourth-order valence-corrected chi connectivity index (χ4v) is 16.4. The van der Waals surface area contributed by atoms with Gasteiger partial charge in [-0.1, -0.05) is 208 Å². The lowest BCUT2D eigenvalue weighted by Gasteiger charge is -2.21. The molecule has 0 aliphatic heterocycles. The average Bonchev–Trinajstić information content (AvgIpc) is 1.56. The summed E-state index contributed by atoms with van der Waals surface area (Å²) in [4.78, 5) is 104. The number of para-hydroxylation sites is 2. The van der Waals surface area contributed by atoms with Crippen LogP contribution in [0, 0.1) is 0 Å². The van der Waals surface area contributed by atoms with Crippen molar-refractivity contribution in [3.8, 4) is 159 Å². The van der Waals surface area contributed by atoms with E-state index in [1.165, 1.54) is 6.33 Å². The molecule has 594 valence electrons. The van der Waals surface area contributed by atoms with Crippen molar-refractivity contribution in [1.82, 2.24) is 110 Å². The highest BCUT2D eigenvalue weighted by molar-refractivity contribution is 5.89. The summed E-state index contributed by atoms with van der Waals surface area (Å²) in [5.74, 6) is 2.94. The highest BCUT2D eigenvalue weighted by atomic mass is 15.0. The zero-order chi connectivity index (χ0) is 84.3. The molecule has 0 atom stereocenters. The lowest BCUT2D eigenvalue weighted by atomic mass is 9.84. The van der Waals surface area contributed by atoms with Crippen LogP contribution in [0.25, 0.3) is 170 Å². The minimum Gasteiger partial charge on any atom is -0.265 e. The van der Waals surface area contributed by atoms with Gasteiger partial charge in [-0.15, -0.1) is 0 Å². The van der Waals surface area contributed by atoms with Crippen molar-refractivity contribution < 1.29 is 0 Å².